The van der Waals surface area contributed by atoms with Crippen molar-refractivity contribution in [1.29, 1.82) is 0 Å². The highest BCUT2D eigenvalue weighted by atomic mass is 32.2. The lowest BCUT2D eigenvalue weighted by Gasteiger charge is -2.14. The SMILES string of the molecule is CCOC(=O)CN1C(=O)S/C(=C/c2ccccc2O[C@@H](C)CC)C1=O. The smallest absolute Gasteiger partial charge is 0.326 e. The average Bonchev–Trinajstić information content (AvgIpc) is 2.84. The Morgan fingerprint density at radius 1 is 1.28 bits per heavy atom. The van der Waals surface area contributed by atoms with E-state index in [1.807, 2.05) is 38.1 Å². The molecular weight excluding hydrogens is 342 g/mol. The zero-order valence-electron chi connectivity index (χ0n) is 14.5. The molecule has 2 amide bonds. The summed E-state index contributed by atoms with van der Waals surface area (Å²) in [4.78, 5) is 37.1. The summed E-state index contributed by atoms with van der Waals surface area (Å²) in [5.41, 5.74) is 0.712. The molecule has 1 aromatic rings. The summed E-state index contributed by atoms with van der Waals surface area (Å²) in [5.74, 6) is -0.456. The van der Waals surface area contributed by atoms with Gasteiger partial charge in [0.1, 0.15) is 12.3 Å². The number of hydrogen-bond acceptors (Lipinski definition) is 6. The summed E-state index contributed by atoms with van der Waals surface area (Å²) in [5, 5.41) is -0.482. The maximum atomic E-state index is 12.4. The third-order valence-electron chi connectivity index (χ3n) is 3.57. The standard InChI is InChI=1S/C18H21NO5S/c1-4-12(3)24-14-9-7-6-8-13(14)10-15-17(21)19(18(22)25-15)11-16(20)23-5-2/h6-10,12H,4-5,11H2,1-3H3/b15-10+/t12-/m0/s1. The van der Waals surface area contributed by atoms with E-state index in [-0.39, 0.29) is 24.2 Å². The van der Waals surface area contributed by atoms with E-state index in [9.17, 15) is 14.4 Å². The number of para-hydroxylation sites is 1. The van der Waals surface area contributed by atoms with Crippen molar-refractivity contribution in [2.75, 3.05) is 13.2 Å². The van der Waals surface area contributed by atoms with Crippen molar-refractivity contribution in [2.45, 2.75) is 33.3 Å². The average molecular weight is 363 g/mol. The maximum Gasteiger partial charge on any atom is 0.326 e. The van der Waals surface area contributed by atoms with Crippen molar-refractivity contribution >= 4 is 35.0 Å². The van der Waals surface area contributed by atoms with Gasteiger partial charge in [0.05, 0.1) is 17.6 Å². The Morgan fingerprint density at radius 2 is 2.00 bits per heavy atom. The highest BCUT2D eigenvalue weighted by molar-refractivity contribution is 8.18. The van der Waals surface area contributed by atoms with Crippen LogP contribution in [0.1, 0.15) is 32.8 Å². The van der Waals surface area contributed by atoms with Gasteiger partial charge in [-0.15, -0.1) is 0 Å². The molecule has 0 aromatic heterocycles. The van der Waals surface area contributed by atoms with Gasteiger partial charge >= 0.3 is 5.97 Å². The minimum atomic E-state index is -0.605. The van der Waals surface area contributed by atoms with Gasteiger partial charge in [-0.25, -0.2) is 0 Å². The van der Waals surface area contributed by atoms with E-state index < -0.39 is 17.1 Å². The van der Waals surface area contributed by atoms with E-state index >= 15 is 0 Å². The summed E-state index contributed by atoms with van der Waals surface area (Å²) >= 11 is 0.805. The second-order valence-electron chi connectivity index (χ2n) is 5.45. The summed E-state index contributed by atoms with van der Waals surface area (Å²) in [6, 6.07) is 7.32. The van der Waals surface area contributed by atoms with Crippen LogP contribution in [0.4, 0.5) is 4.79 Å². The number of nitrogens with zero attached hydrogens (tertiary/aromatic N) is 1. The van der Waals surface area contributed by atoms with Crippen LogP contribution in [0.25, 0.3) is 6.08 Å². The van der Waals surface area contributed by atoms with Gasteiger partial charge < -0.3 is 9.47 Å². The van der Waals surface area contributed by atoms with E-state index in [1.165, 1.54) is 0 Å². The molecule has 1 fully saturated rings. The Morgan fingerprint density at radius 3 is 2.68 bits per heavy atom. The van der Waals surface area contributed by atoms with Gasteiger partial charge in [-0.05, 0) is 44.2 Å². The van der Waals surface area contributed by atoms with Crippen LogP contribution in [-0.2, 0) is 14.3 Å². The predicted octanol–water partition coefficient (Wildman–Crippen LogP) is 3.46. The lowest BCUT2D eigenvalue weighted by atomic mass is 10.1. The third kappa shape index (κ3) is 4.85. The van der Waals surface area contributed by atoms with Gasteiger partial charge in [-0.3, -0.25) is 19.3 Å². The van der Waals surface area contributed by atoms with Crippen molar-refractivity contribution in [3.63, 3.8) is 0 Å². The number of benzene rings is 1. The van der Waals surface area contributed by atoms with Crippen LogP contribution in [0, 0.1) is 0 Å². The third-order valence-corrected chi connectivity index (χ3v) is 4.48. The highest BCUT2D eigenvalue weighted by Crippen LogP contribution is 2.34. The van der Waals surface area contributed by atoms with Gasteiger partial charge in [-0.1, -0.05) is 25.1 Å². The molecule has 0 N–H and O–H groups in total. The highest BCUT2D eigenvalue weighted by Gasteiger charge is 2.36. The topological polar surface area (TPSA) is 72.9 Å². The minimum absolute atomic E-state index is 0.0356. The zero-order chi connectivity index (χ0) is 18.4. The van der Waals surface area contributed by atoms with E-state index in [2.05, 4.69) is 0 Å². The molecule has 0 unspecified atom stereocenters. The Balaban J connectivity index is 2.21. The van der Waals surface area contributed by atoms with Crippen LogP contribution in [0.15, 0.2) is 29.2 Å². The van der Waals surface area contributed by atoms with Crippen molar-refractivity contribution in [1.82, 2.24) is 4.90 Å². The molecule has 1 saturated heterocycles. The van der Waals surface area contributed by atoms with Crippen LogP contribution in [0.2, 0.25) is 0 Å². The predicted molar refractivity (Wildman–Crippen MR) is 96.1 cm³/mol. The molecule has 2 rings (SSSR count). The fourth-order valence-corrected chi connectivity index (χ4v) is 2.95. The van der Waals surface area contributed by atoms with Crippen LogP contribution < -0.4 is 4.74 Å². The zero-order valence-corrected chi connectivity index (χ0v) is 15.3. The first-order valence-electron chi connectivity index (χ1n) is 8.12. The van der Waals surface area contributed by atoms with Gasteiger partial charge in [0.25, 0.3) is 11.1 Å². The first kappa shape index (κ1) is 19.1. The van der Waals surface area contributed by atoms with Gasteiger partial charge in [-0.2, -0.15) is 0 Å². The summed E-state index contributed by atoms with van der Waals surface area (Å²) < 4.78 is 10.6. The maximum absolute atomic E-state index is 12.4. The molecule has 0 saturated carbocycles. The van der Waals surface area contributed by atoms with Gasteiger partial charge in [0.15, 0.2) is 0 Å². The van der Waals surface area contributed by atoms with Crippen molar-refractivity contribution in [3.8, 4) is 5.75 Å². The lowest BCUT2D eigenvalue weighted by molar-refractivity contribution is -0.145. The molecule has 25 heavy (non-hydrogen) atoms. The number of thioether (sulfide) groups is 1. The molecule has 0 bridgehead atoms. The van der Waals surface area contributed by atoms with E-state index in [4.69, 9.17) is 9.47 Å². The molecular formula is C18H21NO5S. The normalized spacial score (nSPS) is 17.1. The second kappa shape index (κ2) is 8.71. The van der Waals surface area contributed by atoms with Crippen molar-refractivity contribution in [3.05, 3.63) is 34.7 Å². The van der Waals surface area contributed by atoms with Crippen molar-refractivity contribution < 1.29 is 23.9 Å². The number of amides is 2. The van der Waals surface area contributed by atoms with Crippen LogP contribution in [-0.4, -0.2) is 41.3 Å². The molecule has 0 aliphatic carbocycles. The summed E-state index contributed by atoms with van der Waals surface area (Å²) in [6.07, 6.45) is 2.51. The van der Waals surface area contributed by atoms with E-state index in [1.54, 1.807) is 13.0 Å². The largest absolute Gasteiger partial charge is 0.490 e. The molecule has 134 valence electrons. The van der Waals surface area contributed by atoms with Gasteiger partial charge in [0.2, 0.25) is 0 Å². The summed E-state index contributed by atoms with van der Waals surface area (Å²) in [6.45, 7) is 5.48. The second-order valence-corrected chi connectivity index (χ2v) is 6.44. The van der Waals surface area contributed by atoms with Crippen LogP contribution >= 0.6 is 11.8 Å². The van der Waals surface area contributed by atoms with E-state index in [0.717, 1.165) is 23.1 Å². The minimum Gasteiger partial charge on any atom is -0.490 e. The summed E-state index contributed by atoms with van der Waals surface area (Å²) in [7, 11) is 0. The number of imide groups is 1. The molecule has 1 aliphatic rings. The molecule has 1 atom stereocenters. The fourth-order valence-electron chi connectivity index (χ4n) is 2.12. The monoisotopic (exact) mass is 363 g/mol. The molecule has 1 aromatic carbocycles. The van der Waals surface area contributed by atoms with Crippen LogP contribution in [0.5, 0.6) is 5.75 Å². The molecule has 6 nitrogen and oxygen atoms in total. The Bertz CT molecular complexity index is 700. The molecule has 0 radical (unpaired) electrons. The fraction of sp³-hybridized carbons (Fsp3) is 0.389. The Hall–Kier alpha value is -2.28. The van der Waals surface area contributed by atoms with Crippen LogP contribution in [0.3, 0.4) is 0 Å². The molecule has 1 heterocycles. The van der Waals surface area contributed by atoms with Gasteiger partial charge in [0, 0.05) is 5.56 Å². The number of ether oxygens (including phenoxy) is 2. The number of carbonyl (C=O) groups excluding carboxylic acids is 3. The number of rotatable bonds is 7. The first-order valence-corrected chi connectivity index (χ1v) is 8.94. The molecule has 1 aliphatic heterocycles. The number of esters is 1. The lowest BCUT2D eigenvalue weighted by Crippen LogP contribution is -2.34. The Kier molecular flexibility index (Phi) is 6.64. The quantitative estimate of drug-likeness (QED) is 0.546. The van der Waals surface area contributed by atoms with Crippen molar-refractivity contribution in [2.24, 2.45) is 0 Å². The Labute approximate surface area is 151 Å². The number of hydrogen-bond donors (Lipinski definition) is 0. The van der Waals surface area contributed by atoms with E-state index in [0.29, 0.717) is 11.3 Å². The first-order chi connectivity index (χ1) is 12.0. The molecule has 0 spiro atoms. The molecule has 7 heteroatoms. The number of carbonyl (C=O) groups is 3.